The number of H-pyrrole nitrogens is 1. The molecule has 0 spiro atoms. The SMILES string of the molecule is C=CC1=C(O)N[C@H](/C=c2/[nH]/c(=C/C3=C(CCC(=O)O)C(C)[C@]4(/C=C5\NC(=O)[C@H](C)[C@H]5[C@@H]5CS5)NN34)c(CCC(=O)O)c2C)C1C. The van der Waals surface area contributed by atoms with Crippen LogP contribution in [0.3, 0.4) is 0 Å². The highest BCUT2D eigenvalue weighted by Crippen LogP contribution is 2.53. The Morgan fingerprint density at radius 3 is 2.42 bits per heavy atom. The summed E-state index contributed by atoms with van der Waals surface area (Å²) in [6.07, 6.45) is 8.38. The second kappa shape index (κ2) is 11.5. The number of amides is 1. The summed E-state index contributed by atoms with van der Waals surface area (Å²) in [6.45, 7) is 11.8. The predicted molar refractivity (Wildman–Crippen MR) is 171 cm³/mol. The lowest BCUT2D eigenvalue weighted by Gasteiger charge is -2.18. The van der Waals surface area contributed by atoms with Crippen molar-refractivity contribution in [2.24, 2.45) is 23.7 Å². The first-order valence-corrected chi connectivity index (χ1v) is 16.5. The van der Waals surface area contributed by atoms with Crippen molar-refractivity contribution in [2.45, 2.75) is 70.3 Å². The molecule has 5 aliphatic heterocycles. The number of aromatic amines is 1. The molecule has 2 unspecified atom stereocenters. The summed E-state index contributed by atoms with van der Waals surface area (Å²) in [7, 11) is 0. The topological polar surface area (TPSA) is 177 Å². The summed E-state index contributed by atoms with van der Waals surface area (Å²) in [5.41, 5.74) is 8.21. The average molecular weight is 636 g/mol. The zero-order valence-electron chi connectivity index (χ0n) is 25.9. The maximum Gasteiger partial charge on any atom is 0.303 e. The number of carboxylic acids is 2. The number of carbonyl (C=O) groups excluding carboxylic acids is 1. The minimum absolute atomic E-state index is 0.0192. The summed E-state index contributed by atoms with van der Waals surface area (Å²) < 4.78 is 0. The third-order valence-corrected chi connectivity index (χ3v) is 11.2. The Morgan fingerprint density at radius 2 is 1.80 bits per heavy atom. The molecule has 3 saturated heterocycles. The van der Waals surface area contributed by atoms with Gasteiger partial charge in [0, 0.05) is 69.5 Å². The number of hydrazine groups is 1. The van der Waals surface area contributed by atoms with Crippen LogP contribution in [0.5, 0.6) is 0 Å². The smallest absolute Gasteiger partial charge is 0.303 e. The third-order valence-electron chi connectivity index (χ3n) is 10.2. The third kappa shape index (κ3) is 5.48. The van der Waals surface area contributed by atoms with Gasteiger partial charge in [-0.15, -0.1) is 0 Å². The van der Waals surface area contributed by atoms with E-state index in [0.29, 0.717) is 18.1 Å². The van der Waals surface area contributed by atoms with E-state index in [0.717, 1.165) is 50.1 Å². The minimum Gasteiger partial charge on any atom is -0.495 e. The fraction of sp³-hybridized carbons (Fsp3) is 0.485. The molecule has 3 fully saturated rings. The highest BCUT2D eigenvalue weighted by Gasteiger charge is 2.62. The van der Waals surface area contributed by atoms with Gasteiger partial charge in [-0.3, -0.25) is 19.4 Å². The van der Waals surface area contributed by atoms with Gasteiger partial charge in [-0.2, -0.15) is 11.8 Å². The van der Waals surface area contributed by atoms with E-state index in [4.69, 9.17) is 0 Å². The summed E-state index contributed by atoms with van der Waals surface area (Å²) in [5, 5.41) is 39.7. The Labute approximate surface area is 265 Å². The van der Waals surface area contributed by atoms with Crippen molar-refractivity contribution >= 4 is 41.8 Å². The molecule has 6 heterocycles. The molecule has 0 bridgehead atoms. The second-order valence-corrected chi connectivity index (χ2v) is 14.1. The van der Waals surface area contributed by atoms with Gasteiger partial charge in [-0.1, -0.05) is 33.4 Å². The number of aliphatic hydroxyl groups excluding tert-OH is 1. The molecule has 0 saturated carbocycles. The molecule has 7 atom stereocenters. The Hall–Kier alpha value is -3.90. The van der Waals surface area contributed by atoms with Gasteiger partial charge in [0.05, 0.1) is 11.7 Å². The van der Waals surface area contributed by atoms with Crippen molar-refractivity contribution in [3.63, 3.8) is 0 Å². The maximum atomic E-state index is 12.7. The largest absolute Gasteiger partial charge is 0.495 e. The molecule has 6 rings (SSSR count). The van der Waals surface area contributed by atoms with E-state index in [2.05, 4.69) is 40.6 Å². The summed E-state index contributed by atoms with van der Waals surface area (Å²) >= 11 is 1.86. The molecule has 5 aliphatic rings. The molecular formula is C33H41N5O6S. The predicted octanol–water partition coefficient (Wildman–Crippen LogP) is 2.13. The van der Waals surface area contributed by atoms with Gasteiger partial charge in [0.15, 0.2) is 5.88 Å². The van der Waals surface area contributed by atoms with Crippen molar-refractivity contribution in [1.29, 1.82) is 0 Å². The van der Waals surface area contributed by atoms with Crippen molar-refractivity contribution in [3.8, 4) is 0 Å². The first-order valence-electron chi connectivity index (χ1n) is 15.5. The normalized spacial score (nSPS) is 33.6. The molecule has 240 valence electrons. The van der Waals surface area contributed by atoms with Crippen molar-refractivity contribution in [2.75, 3.05) is 5.75 Å². The van der Waals surface area contributed by atoms with Gasteiger partial charge in [0.2, 0.25) is 5.91 Å². The van der Waals surface area contributed by atoms with E-state index in [1.165, 1.54) is 0 Å². The molecular weight excluding hydrogens is 594 g/mol. The standard InChI is InChI=1S/C33H41N5O6S/c1-6-19-15(2)23(35-32(19)44)11-22-16(3)20(7-9-28(39)40)24(34-22)12-26-21(8-10-29(41)42)18(5)33(37-38(26)33)13-25-30(27-14-45-27)17(4)31(43)36-25/h6,11-13,15,17-18,23,27,30,34-35,37,44H,1,7-10,14H2,2-5H3,(H,36,43)(H,39,40)(H,41,42)/b22-11+,24-12+,25-13-/t15?,17-,18?,23-,27+,30-,33-,38?/m1/s1. The number of fused-ring (bicyclic) bond motifs is 1. The number of aromatic nitrogens is 1. The van der Waals surface area contributed by atoms with Crippen molar-refractivity contribution in [1.82, 2.24) is 26.1 Å². The van der Waals surface area contributed by atoms with E-state index < -0.39 is 17.6 Å². The lowest BCUT2D eigenvalue weighted by molar-refractivity contribution is -0.138. The highest BCUT2D eigenvalue weighted by atomic mass is 32.2. The number of carbonyl (C=O) groups is 3. The first-order chi connectivity index (χ1) is 21.4. The number of rotatable bonds is 11. The molecule has 0 aliphatic carbocycles. The maximum absolute atomic E-state index is 12.7. The van der Waals surface area contributed by atoms with Gasteiger partial charge in [0.1, 0.15) is 5.66 Å². The van der Waals surface area contributed by atoms with Crippen LogP contribution in [0.15, 0.2) is 47.2 Å². The van der Waals surface area contributed by atoms with Crippen LogP contribution < -0.4 is 26.8 Å². The van der Waals surface area contributed by atoms with Crippen LogP contribution >= 0.6 is 11.8 Å². The molecule has 7 N–H and O–H groups in total. The summed E-state index contributed by atoms with van der Waals surface area (Å²) in [5.74, 6) is -0.685. The number of hydrogen-bond donors (Lipinski definition) is 7. The van der Waals surface area contributed by atoms with Gasteiger partial charge >= 0.3 is 11.9 Å². The molecule has 1 aromatic rings. The zero-order valence-corrected chi connectivity index (χ0v) is 26.8. The van der Waals surface area contributed by atoms with Crippen molar-refractivity contribution in [3.05, 3.63) is 69.0 Å². The van der Waals surface area contributed by atoms with Crippen molar-refractivity contribution < 1.29 is 29.7 Å². The monoisotopic (exact) mass is 635 g/mol. The average Bonchev–Trinajstić information content (AvgIpc) is 3.85. The molecule has 12 heteroatoms. The number of nitrogens with zero attached hydrogens (tertiary/aromatic N) is 1. The van der Waals surface area contributed by atoms with Gasteiger partial charge in [-0.25, -0.2) is 5.43 Å². The zero-order chi connectivity index (χ0) is 32.4. The van der Waals surface area contributed by atoms with Crippen LogP contribution in [0.2, 0.25) is 0 Å². The molecule has 0 aromatic carbocycles. The van der Waals surface area contributed by atoms with Gasteiger partial charge in [-0.05, 0) is 54.7 Å². The number of carboxylic acid groups (broad SMARTS) is 2. The number of allylic oxidation sites excluding steroid dienone is 3. The summed E-state index contributed by atoms with van der Waals surface area (Å²) in [6, 6.07) is -0.193. The highest BCUT2D eigenvalue weighted by molar-refractivity contribution is 8.06. The van der Waals surface area contributed by atoms with Crippen LogP contribution in [-0.2, 0) is 20.8 Å². The van der Waals surface area contributed by atoms with E-state index >= 15 is 0 Å². The molecule has 0 radical (unpaired) electrons. The van der Waals surface area contributed by atoms with E-state index in [1.54, 1.807) is 6.08 Å². The Kier molecular flexibility index (Phi) is 7.93. The van der Waals surface area contributed by atoms with E-state index in [-0.39, 0.29) is 54.3 Å². The van der Waals surface area contributed by atoms with Gasteiger partial charge in [0.25, 0.3) is 0 Å². The van der Waals surface area contributed by atoms with E-state index in [1.807, 2.05) is 49.7 Å². The quantitative estimate of drug-likeness (QED) is 0.178. The van der Waals surface area contributed by atoms with Gasteiger partial charge < -0.3 is 30.9 Å². The lowest BCUT2D eigenvalue weighted by atomic mass is 9.86. The number of aliphatic hydroxyl groups is 1. The molecule has 45 heavy (non-hydrogen) atoms. The number of thioether (sulfide) groups is 1. The van der Waals surface area contributed by atoms with Crippen LogP contribution in [0, 0.1) is 30.6 Å². The lowest BCUT2D eigenvalue weighted by Crippen LogP contribution is -2.28. The van der Waals surface area contributed by atoms with Crippen LogP contribution in [0.1, 0.15) is 51.2 Å². The van der Waals surface area contributed by atoms with Crippen LogP contribution in [-0.4, -0.2) is 65.9 Å². The molecule has 1 amide bonds. The number of aliphatic carboxylic acids is 2. The van der Waals surface area contributed by atoms with E-state index in [9.17, 15) is 29.7 Å². The Bertz CT molecular complexity index is 1700. The number of nitrogens with one attached hydrogen (secondary N) is 4. The Morgan fingerprint density at radius 1 is 1.11 bits per heavy atom. The second-order valence-electron chi connectivity index (χ2n) is 12.8. The fourth-order valence-electron chi connectivity index (χ4n) is 7.31. The summed E-state index contributed by atoms with van der Waals surface area (Å²) in [4.78, 5) is 39.5. The Balaban J connectivity index is 1.42. The molecule has 11 nitrogen and oxygen atoms in total. The molecule has 1 aromatic heterocycles. The first kappa shape index (κ1) is 31.1. The van der Waals surface area contributed by atoms with Crippen LogP contribution in [0.4, 0.5) is 0 Å². The number of hydrogen-bond acceptors (Lipinski definition) is 8. The minimum atomic E-state index is -0.895. The fourth-order valence-corrected chi connectivity index (χ4v) is 8.22. The van der Waals surface area contributed by atoms with Crippen LogP contribution in [0.25, 0.3) is 12.2 Å².